The van der Waals surface area contributed by atoms with Gasteiger partial charge in [0.25, 0.3) is 10.0 Å². The van der Waals surface area contributed by atoms with Gasteiger partial charge in [-0.3, -0.25) is 4.31 Å². The van der Waals surface area contributed by atoms with Gasteiger partial charge < -0.3 is 14.7 Å². The molecule has 12 heteroatoms. The van der Waals surface area contributed by atoms with Crippen LogP contribution in [0.3, 0.4) is 0 Å². The van der Waals surface area contributed by atoms with Crippen LogP contribution < -0.4 is 9.04 Å². The summed E-state index contributed by atoms with van der Waals surface area (Å²) < 4.78 is 90.5. The van der Waals surface area contributed by atoms with Crippen LogP contribution in [0.4, 0.5) is 23.2 Å². The van der Waals surface area contributed by atoms with Gasteiger partial charge in [-0.2, -0.15) is 13.2 Å². The van der Waals surface area contributed by atoms with E-state index in [4.69, 9.17) is 16.3 Å². The summed E-state index contributed by atoms with van der Waals surface area (Å²) >= 11 is 6.24. The largest absolute Gasteiger partial charge is 0.513 e. The molecule has 240 valence electrons. The molecule has 1 saturated heterocycles. The van der Waals surface area contributed by atoms with Crippen molar-refractivity contribution in [3.05, 3.63) is 101 Å². The number of allylic oxidation sites excluding steroid dienone is 2. The van der Waals surface area contributed by atoms with Crippen molar-refractivity contribution in [3.8, 4) is 5.75 Å². The highest BCUT2D eigenvalue weighted by atomic mass is 35.5. The second-order valence-corrected chi connectivity index (χ2v) is 13.6. The lowest BCUT2D eigenvalue weighted by atomic mass is 9.95. The average Bonchev–Trinajstić information content (AvgIpc) is 2.99. The fourth-order valence-electron chi connectivity index (χ4n) is 5.77. The number of hydrogen-bond donors (Lipinski definition) is 1. The van der Waals surface area contributed by atoms with Crippen molar-refractivity contribution in [3.63, 3.8) is 0 Å². The highest BCUT2D eigenvalue weighted by Crippen LogP contribution is 2.40. The maximum absolute atomic E-state index is 14.6. The van der Waals surface area contributed by atoms with Gasteiger partial charge in [-0.1, -0.05) is 42.5 Å². The highest BCUT2D eigenvalue weighted by molar-refractivity contribution is 7.92. The average molecular weight is 665 g/mol. The zero-order valence-electron chi connectivity index (χ0n) is 24.5. The Kier molecular flexibility index (Phi) is 9.53. The third kappa shape index (κ3) is 7.31. The molecule has 3 aromatic carbocycles. The number of halogens is 5. The third-order valence-electron chi connectivity index (χ3n) is 8.23. The molecule has 2 heterocycles. The number of fused-ring (bicyclic) bond motifs is 1. The minimum Gasteiger partial charge on any atom is -0.513 e. The van der Waals surface area contributed by atoms with Gasteiger partial charge in [0.05, 0.1) is 33.5 Å². The Morgan fingerprint density at radius 1 is 1.11 bits per heavy atom. The molecule has 0 aromatic heterocycles. The number of hydrogen-bond acceptors (Lipinski definition) is 5. The number of nitrogens with zero attached hydrogens (tertiary/aromatic N) is 2. The van der Waals surface area contributed by atoms with E-state index < -0.39 is 38.6 Å². The van der Waals surface area contributed by atoms with E-state index in [-0.39, 0.29) is 40.2 Å². The Hall–Kier alpha value is -3.54. The van der Waals surface area contributed by atoms with E-state index in [9.17, 15) is 31.1 Å². The van der Waals surface area contributed by atoms with Crippen LogP contribution in [0, 0.1) is 11.7 Å². The number of piperidine rings is 1. The van der Waals surface area contributed by atoms with Crippen molar-refractivity contribution in [1.29, 1.82) is 0 Å². The van der Waals surface area contributed by atoms with Crippen molar-refractivity contribution in [1.82, 2.24) is 4.90 Å². The van der Waals surface area contributed by atoms with E-state index in [1.54, 1.807) is 37.3 Å². The van der Waals surface area contributed by atoms with Gasteiger partial charge in [-0.15, -0.1) is 0 Å². The number of sulfonamides is 1. The van der Waals surface area contributed by atoms with E-state index in [0.717, 1.165) is 48.4 Å². The number of likely N-dealkylation sites (tertiary alicyclic amines) is 1. The number of aliphatic hydroxyl groups is 1. The Labute approximate surface area is 265 Å². The van der Waals surface area contributed by atoms with E-state index in [1.807, 2.05) is 0 Å². The molecule has 0 radical (unpaired) electrons. The van der Waals surface area contributed by atoms with Crippen LogP contribution in [-0.2, 0) is 16.2 Å². The molecule has 6 nitrogen and oxygen atoms in total. The first-order chi connectivity index (χ1) is 21.2. The molecule has 45 heavy (non-hydrogen) atoms. The molecule has 0 amide bonds. The van der Waals surface area contributed by atoms with Crippen molar-refractivity contribution < 1.29 is 35.8 Å². The molecule has 0 spiro atoms. The lowest BCUT2D eigenvalue weighted by molar-refractivity contribution is -0.137. The van der Waals surface area contributed by atoms with E-state index in [0.29, 0.717) is 30.2 Å². The van der Waals surface area contributed by atoms with Crippen molar-refractivity contribution in [2.75, 3.05) is 30.5 Å². The maximum Gasteiger partial charge on any atom is 0.416 e. The van der Waals surface area contributed by atoms with Crippen LogP contribution in [0.5, 0.6) is 5.75 Å². The van der Waals surface area contributed by atoms with Gasteiger partial charge >= 0.3 is 6.18 Å². The summed E-state index contributed by atoms with van der Waals surface area (Å²) in [5.74, 6) is -0.0253. The molecule has 1 fully saturated rings. The van der Waals surface area contributed by atoms with E-state index in [1.165, 1.54) is 12.1 Å². The Morgan fingerprint density at radius 2 is 1.82 bits per heavy atom. The summed E-state index contributed by atoms with van der Waals surface area (Å²) in [7, 11) is -4.46. The van der Waals surface area contributed by atoms with Crippen LogP contribution in [0.2, 0.25) is 5.02 Å². The maximum atomic E-state index is 14.6. The molecule has 1 N–H and O–H groups in total. The zero-order chi connectivity index (χ0) is 32.5. The number of benzene rings is 3. The lowest BCUT2D eigenvalue weighted by Crippen LogP contribution is -2.45. The summed E-state index contributed by atoms with van der Waals surface area (Å²) in [5.41, 5.74) is 0.302. The predicted octanol–water partition coefficient (Wildman–Crippen LogP) is 8.19. The highest BCUT2D eigenvalue weighted by Gasteiger charge is 2.37. The molecule has 2 aliphatic rings. The number of aliphatic hydroxyl groups excluding tert-OH is 1. The fraction of sp³-hybridized carbons (Fsp3) is 0.333. The standard InChI is InChI=1S/C33H33ClF4N2O4S/c1-21(32-28(34)7-4-8-29(32)35)17-23-9-10-31-30(18-23)40(45(42,43)27-6-3-5-25(19-27)33(36,37)38)20-26(44-31)13-16-39-14-11-24(12-15-39)22(2)41/h3-10,17-19,24,26,41H,2,11-16,20H2,1H3/b21-17+/t26-/m0/s1. The summed E-state index contributed by atoms with van der Waals surface area (Å²) in [6.45, 7) is 7.26. The molecule has 0 aliphatic carbocycles. The van der Waals surface area contributed by atoms with Crippen LogP contribution in [-0.4, -0.2) is 50.7 Å². The quantitative estimate of drug-likeness (QED) is 0.149. The first-order valence-corrected chi connectivity index (χ1v) is 16.3. The molecule has 0 bridgehead atoms. The molecule has 2 aliphatic heterocycles. The molecular formula is C33H33ClF4N2O4S. The Morgan fingerprint density at radius 3 is 2.49 bits per heavy atom. The van der Waals surface area contributed by atoms with E-state index in [2.05, 4.69) is 11.5 Å². The SMILES string of the molecule is C=C(O)C1CCN(CC[C@H]2CN(S(=O)(=O)c3cccc(C(F)(F)F)c3)c3cc(/C=C(\C)c4c(F)cccc4Cl)ccc3O2)CC1. The monoisotopic (exact) mass is 664 g/mol. The van der Waals surface area contributed by atoms with Gasteiger partial charge in [-0.25, -0.2) is 12.8 Å². The normalized spacial score (nSPS) is 18.4. The summed E-state index contributed by atoms with van der Waals surface area (Å²) in [6.07, 6.45) is -1.68. The molecule has 5 rings (SSSR count). The first kappa shape index (κ1) is 32.8. The zero-order valence-corrected chi connectivity index (χ0v) is 26.1. The fourth-order valence-corrected chi connectivity index (χ4v) is 7.63. The van der Waals surface area contributed by atoms with E-state index >= 15 is 0 Å². The summed E-state index contributed by atoms with van der Waals surface area (Å²) in [6, 6.07) is 12.9. The number of rotatable bonds is 8. The number of ether oxygens (including phenoxy) is 1. The van der Waals surface area contributed by atoms with Gasteiger partial charge in [0.2, 0.25) is 0 Å². The van der Waals surface area contributed by atoms with Crippen LogP contribution in [0.1, 0.15) is 42.9 Å². The number of anilines is 1. The topological polar surface area (TPSA) is 70.1 Å². The molecule has 1 atom stereocenters. The van der Waals surface area contributed by atoms with Gasteiger partial charge in [0, 0.05) is 18.0 Å². The summed E-state index contributed by atoms with van der Waals surface area (Å²) in [4.78, 5) is 1.71. The molecule has 0 saturated carbocycles. The van der Waals surface area contributed by atoms with Crippen LogP contribution in [0.15, 0.2) is 77.9 Å². The second-order valence-electron chi connectivity index (χ2n) is 11.3. The van der Waals surface area contributed by atoms with Gasteiger partial charge in [0.1, 0.15) is 17.7 Å². The van der Waals surface area contributed by atoms with Gasteiger partial charge in [0.15, 0.2) is 0 Å². The molecule has 3 aromatic rings. The van der Waals surface area contributed by atoms with Gasteiger partial charge in [-0.05, 0) is 92.9 Å². The predicted molar refractivity (Wildman–Crippen MR) is 167 cm³/mol. The minimum atomic E-state index is -4.73. The Bertz CT molecular complexity index is 1700. The molecular weight excluding hydrogens is 632 g/mol. The van der Waals surface area contributed by atoms with Crippen LogP contribution >= 0.6 is 11.6 Å². The minimum absolute atomic E-state index is 0.0495. The lowest BCUT2D eigenvalue weighted by Gasteiger charge is -2.37. The smallest absolute Gasteiger partial charge is 0.416 e. The van der Waals surface area contributed by atoms with Crippen molar-refractivity contribution >= 4 is 39.0 Å². The summed E-state index contributed by atoms with van der Waals surface area (Å²) in [5, 5.41) is 9.93. The second kappa shape index (κ2) is 13.1. The number of alkyl halides is 3. The van der Waals surface area contributed by atoms with Crippen LogP contribution in [0.25, 0.3) is 11.6 Å². The Balaban J connectivity index is 1.47. The third-order valence-corrected chi connectivity index (χ3v) is 10.3. The van der Waals surface area contributed by atoms with Crippen molar-refractivity contribution in [2.45, 2.75) is 43.4 Å². The van der Waals surface area contributed by atoms with Crippen molar-refractivity contribution in [2.24, 2.45) is 5.92 Å². The molecule has 0 unspecified atom stereocenters. The first-order valence-electron chi connectivity index (χ1n) is 14.5.